The number of aromatic amines is 2. The van der Waals surface area contributed by atoms with E-state index >= 15 is 0 Å². The summed E-state index contributed by atoms with van der Waals surface area (Å²) in [5.74, 6) is 1.74. The highest BCUT2D eigenvalue weighted by molar-refractivity contribution is 5.90. The molecule has 3 aromatic heterocycles. The lowest BCUT2D eigenvalue weighted by atomic mass is 9.86. The topological polar surface area (TPSA) is 228 Å². The number of ether oxygens (including phenoxy) is 4. The lowest BCUT2D eigenvalue weighted by Crippen LogP contribution is -2.51. The second-order valence-electron chi connectivity index (χ2n) is 14.8. The van der Waals surface area contributed by atoms with Crippen LogP contribution < -0.4 is 25.4 Å². The van der Waals surface area contributed by atoms with Crippen molar-refractivity contribution in [3.63, 3.8) is 0 Å². The fourth-order valence-electron chi connectivity index (χ4n) is 7.45. The monoisotopic (exact) mass is 770 g/mol. The molecule has 0 saturated carbocycles. The number of nitrogens with one attached hydrogen (secondary N) is 5. The molecule has 1 unspecified atom stereocenters. The van der Waals surface area contributed by atoms with Gasteiger partial charge in [0.2, 0.25) is 5.91 Å². The van der Waals surface area contributed by atoms with E-state index in [1.807, 2.05) is 39.8 Å². The number of carbonyl (C=O) groups is 4. The summed E-state index contributed by atoms with van der Waals surface area (Å²) in [7, 11) is 2.54. The third-order valence-electron chi connectivity index (χ3n) is 10.4. The Balaban J connectivity index is 1.03. The standard InChI is InChI=1S/C38H46N10O8/c1-18(2)29(44-37(51)53-5)32(49)21-11-12-39-31(21)34-41-16-23(42-34)20-9-10-26-27(14-20)56-35-28(55-26)15-22(46-47-35)24-17-40-33(43-24)25-8-7-13-48(25)36(50)30(19(3)4)45-38(52)54-6/h9-10,14-19,21,25,29-31,39H,7-8,11-13H2,1-6H3,(H,40,43)(H,41,42)(H,44,51)(H,45,52)/t21?,25-,29-,30-,31+/m0/s1. The molecule has 3 aliphatic rings. The molecule has 6 heterocycles. The van der Waals surface area contributed by atoms with Gasteiger partial charge in [0.15, 0.2) is 23.0 Å². The minimum atomic E-state index is -0.738. The predicted octanol–water partition coefficient (Wildman–Crippen LogP) is 4.80. The van der Waals surface area contributed by atoms with Gasteiger partial charge in [-0.2, -0.15) is 0 Å². The number of ketones is 1. The van der Waals surface area contributed by atoms with Crippen molar-refractivity contribution in [3.05, 3.63) is 48.3 Å². The van der Waals surface area contributed by atoms with Crippen molar-refractivity contribution in [2.24, 2.45) is 17.8 Å². The Hall–Kier alpha value is -6.04. The maximum absolute atomic E-state index is 13.6. The van der Waals surface area contributed by atoms with E-state index in [0.29, 0.717) is 71.9 Å². The van der Waals surface area contributed by atoms with E-state index in [1.165, 1.54) is 14.2 Å². The molecule has 296 valence electrons. The molecule has 1 aromatic carbocycles. The number of hydrogen-bond donors (Lipinski definition) is 5. The summed E-state index contributed by atoms with van der Waals surface area (Å²) in [6.07, 6.45) is 4.15. The van der Waals surface area contributed by atoms with E-state index in [2.05, 4.69) is 46.1 Å². The van der Waals surface area contributed by atoms with Crippen molar-refractivity contribution in [2.75, 3.05) is 27.3 Å². The zero-order chi connectivity index (χ0) is 39.7. The lowest BCUT2D eigenvalue weighted by molar-refractivity contribution is -0.135. The predicted molar refractivity (Wildman–Crippen MR) is 200 cm³/mol. The van der Waals surface area contributed by atoms with Gasteiger partial charge in [-0.25, -0.2) is 19.6 Å². The first kappa shape index (κ1) is 38.2. The van der Waals surface area contributed by atoms with Crippen molar-refractivity contribution in [3.8, 4) is 45.8 Å². The number of rotatable bonds is 11. The summed E-state index contributed by atoms with van der Waals surface area (Å²) in [5.41, 5.74) is 2.54. The number of nitrogens with zero attached hydrogens (tertiary/aromatic N) is 5. The van der Waals surface area contributed by atoms with Gasteiger partial charge in [-0.15, -0.1) is 10.2 Å². The highest BCUT2D eigenvalue weighted by atomic mass is 16.6. The molecule has 0 bridgehead atoms. The number of benzene rings is 1. The van der Waals surface area contributed by atoms with Crippen molar-refractivity contribution in [1.29, 1.82) is 0 Å². The molecule has 3 amide bonds. The van der Waals surface area contributed by atoms with E-state index in [0.717, 1.165) is 12.0 Å². The minimum absolute atomic E-state index is 0.0767. The summed E-state index contributed by atoms with van der Waals surface area (Å²) in [6.45, 7) is 8.67. The molecule has 4 aromatic rings. The second-order valence-corrected chi connectivity index (χ2v) is 14.8. The van der Waals surface area contributed by atoms with E-state index < -0.39 is 30.2 Å². The Morgan fingerprint density at radius 3 is 2.25 bits per heavy atom. The smallest absolute Gasteiger partial charge is 0.407 e. The molecular formula is C38H46N10O8. The van der Waals surface area contributed by atoms with Crippen LogP contribution in [0.2, 0.25) is 0 Å². The van der Waals surface area contributed by atoms with Crippen molar-refractivity contribution >= 4 is 23.9 Å². The van der Waals surface area contributed by atoms with Crippen molar-refractivity contribution in [2.45, 2.75) is 71.1 Å². The number of imidazole rings is 2. The van der Waals surface area contributed by atoms with Crippen LogP contribution in [0.5, 0.6) is 23.1 Å². The van der Waals surface area contributed by atoms with Crippen LogP contribution in [0.1, 0.15) is 70.7 Å². The first-order valence-corrected chi connectivity index (χ1v) is 18.7. The number of amides is 3. The largest absolute Gasteiger partial charge is 0.453 e. The zero-order valence-corrected chi connectivity index (χ0v) is 32.0. The van der Waals surface area contributed by atoms with Gasteiger partial charge in [-0.05, 0) is 55.8 Å². The molecule has 5 atom stereocenters. The van der Waals surface area contributed by atoms with Crippen LogP contribution in [-0.4, -0.2) is 98.3 Å². The number of fused-ring (bicyclic) bond motifs is 2. The van der Waals surface area contributed by atoms with Gasteiger partial charge in [0, 0.05) is 24.1 Å². The average Bonchev–Trinajstić information content (AvgIpc) is 4.03. The zero-order valence-electron chi connectivity index (χ0n) is 32.0. The fraction of sp³-hybridized carbons (Fsp3) is 0.474. The van der Waals surface area contributed by atoms with Gasteiger partial charge in [-0.3, -0.25) is 9.59 Å². The Morgan fingerprint density at radius 1 is 0.821 bits per heavy atom. The first-order valence-electron chi connectivity index (χ1n) is 18.7. The summed E-state index contributed by atoms with van der Waals surface area (Å²) in [5, 5.41) is 17.4. The van der Waals surface area contributed by atoms with Gasteiger partial charge in [0.05, 0.1) is 56.1 Å². The van der Waals surface area contributed by atoms with Crippen LogP contribution >= 0.6 is 0 Å². The van der Waals surface area contributed by atoms with Gasteiger partial charge >= 0.3 is 12.2 Å². The molecule has 7 rings (SSSR count). The van der Waals surface area contributed by atoms with Gasteiger partial charge in [-0.1, -0.05) is 27.7 Å². The molecule has 3 aliphatic heterocycles. The van der Waals surface area contributed by atoms with Crippen molar-refractivity contribution < 1.29 is 38.1 Å². The molecule has 5 N–H and O–H groups in total. The Labute approximate surface area is 322 Å². The third kappa shape index (κ3) is 7.60. The van der Waals surface area contributed by atoms with E-state index in [-0.39, 0.29) is 41.5 Å². The number of likely N-dealkylation sites (tertiary alicyclic amines) is 1. The molecule has 2 fully saturated rings. The number of H-pyrrole nitrogens is 2. The average molecular weight is 771 g/mol. The molecule has 0 aliphatic carbocycles. The minimum Gasteiger partial charge on any atom is -0.453 e. The van der Waals surface area contributed by atoms with E-state index in [1.54, 1.807) is 29.4 Å². The number of aromatic nitrogens is 6. The molecule has 56 heavy (non-hydrogen) atoms. The Morgan fingerprint density at radius 2 is 1.52 bits per heavy atom. The van der Waals surface area contributed by atoms with E-state index in [4.69, 9.17) is 18.9 Å². The molecule has 0 radical (unpaired) electrons. The highest BCUT2D eigenvalue weighted by Gasteiger charge is 2.41. The van der Waals surface area contributed by atoms with Gasteiger partial charge < -0.3 is 49.8 Å². The second kappa shape index (κ2) is 16.0. The summed E-state index contributed by atoms with van der Waals surface area (Å²) >= 11 is 0. The number of Topliss-reactive ketones (excluding diaryl/α,β-unsaturated/α-hetero) is 1. The quantitative estimate of drug-likeness (QED) is 0.122. The van der Waals surface area contributed by atoms with E-state index in [9.17, 15) is 19.2 Å². The Kier molecular flexibility index (Phi) is 10.9. The molecular weight excluding hydrogens is 724 g/mol. The van der Waals surface area contributed by atoms with Crippen LogP contribution in [-0.2, 0) is 19.1 Å². The summed E-state index contributed by atoms with van der Waals surface area (Å²) < 4.78 is 21.8. The summed E-state index contributed by atoms with van der Waals surface area (Å²) in [6, 6.07) is 5.09. The van der Waals surface area contributed by atoms with Gasteiger partial charge in [0.25, 0.3) is 5.88 Å². The molecule has 0 spiro atoms. The Bertz CT molecular complexity index is 1970. The lowest BCUT2D eigenvalue weighted by Gasteiger charge is -2.30. The normalized spacial score (nSPS) is 19.7. The van der Waals surface area contributed by atoms with Crippen LogP contribution in [0.25, 0.3) is 22.6 Å². The molecule has 18 nitrogen and oxygen atoms in total. The van der Waals surface area contributed by atoms with Crippen LogP contribution in [0.4, 0.5) is 9.59 Å². The van der Waals surface area contributed by atoms with Crippen LogP contribution in [0.3, 0.4) is 0 Å². The maximum Gasteiger partial charge on any atom is 0.407 e. The van der Waals surface area contributed by atoms with Crippen LogP contribution in [0.15, 0.2) is 36.7 Å². The first-order chi connectivity index (χ1) is 26.9. The number of hydrogen-bond acceptors (Lipinski definition) is 13. The molecule has 2 saturated heterocycles. The number of carbonyl (C=O) groups excluding carboxylic acids is 4. The SMILES string of the molecule is COC(=O)N[C@H](C(=O)C1CCN[C@H]1c1ncc(-c2ccc3c(c2)Oc2nnc(-c4cnc([C@@H]5CCCN5C(=O)[C@@H](NC(=O)OC)C(C)C)[nH]4)cc2O3)[nH]1)C(C)C. The third-order valence-corrected chi connectivity index (χ3v) is 10.4. The van der Waals surface area contributed by atoms with Crippen LogP contribution in [0, 0.1) is 17.8 Å². The summed E-state index contributed by atoms with van der Waals surface area (Å²) in [4.78, 5) is 68.7. The van der Waals surface area contributed by atoms with Gasteiger partial charge in [0.1, 0.15) is 23.4 Å². The highest BCUT2D eigenvalue weighted by Crippen LogP contribution is 2.46. The maximum atomic E-state index is 13.6. The number of alkyl carbamates (subject to hydrolysis) is 2. The fourth-order valence-corrected chi connectivity index (χ4v) is 7.45. The number of methoxy groups -OCH3 is 2. The van der Waals surface area contributed by atoms with Crippen molar-refractivity contribution in [1.82, 2.24) is 51.0 Å². The molecule has 18 heteroatoms.